The lowest BCUT2D eigenvalue weighted by Crippen LogP contribution is -2.38. The fourth-order valence-corrected chi connectivity index (χ4v) is 3.90. The van der Waals surface area contributed by atoms with Crippen LogP contribution in [0.2, 0.25) is 0 Å². The predicted molar refractivity (Wildman–Crippen MR) is 76.4 cm³/mol. The Bertz CT molecular complexity index is 427. The standard InChI is InChI=1S/C14H23BrN2O/c1-4-8-17-12(11(15)9-16-17)14(18)7-5-6-13(2,3)10-14/h9,18H,4-8,10H2,1-3H3. The molecule has 1 saturated carbocycles. The summed E-state index contributed by atoms with van der Waals surface area (Å²) < 4.78 is 2.90. The molecule has 1 heterocycles. The van der Waals surface area contributed by atoms with E-state index in [-0.39, 0.29) is 5.41 Å². The second-order valence-electron chi connectivity index (χ2n) is 6.29. The maximum atomic E-state index is 11.1. The van der Waals surface area contributed by atoms with Gasteiger partial charge < -0.3 is 5.11 Å². The van der Waals surface area contributed by atoms with Gasteiger partial charge in [0, 0.05) is 6.54 Å². The van der Waals surface area contributed by atoms with E-state index in [9.17, 15) is 5.11 Å². The molecule has 1 N–H and O–H groups in total. The summed E-state index contributed by atoms with van der Waals surface area (Å²) in [5.74, 6) is 0. The number of hydrogen-bond acceptors (Lipinski definition) is 2. The second-order valence-corrected chi connectivity index (χ2v) is 7.14. The van der Waals surface area contributed by atoms with Crippen LogP contribution < -0.4 is 0 Å². The van der Waals surface area contributed by atoms with Crippen molar-refractivity contribution >= 4 is 15.9 Å². The highest BCUT2D eigenvalue weighted by molar-refractivity contribution is 9.10. The minimum absolute atomic E-state index is 0.202. The summed E-state index contributed by atoms with van der Waals surface area (Å²) in [5, 5.41) is 15.4. The molecule has 1 aliphatic carbocycles. The molecule has 0 bridgehead atoms. The lowest BCUT2D eigenvalue weighted by molar-refractivity contribution is -0.0511. The monoisotopic (exact) mass is 314 g/mol. The van der Waals surface area contributed by atoms with E-state index in [4.69, 9.17) is 0 Å². The third kappa shape index (κ3) is 2.64. The Labute approximate surface area is 118 Å². The van der Waals surface area contributed by atoms with Gasteiger partial charge in [0.15, 0.2) is 0 Å². The highest BCUT2D eigenvalue weighted by Crippen LogP contribution is 2.47. The zero-order chi connectivity index (χ0) is 13.4. The number of halogens is 1. The van der Waals surface area contributed by atoms with Gasteiger partial charge in [0.2, 0.25) is 0 Å². The molecule has 1 aromatic rings. The molecule has 1 atom stereocenters. The first kappa shape index (κ1) is 14.1. The Hall–Kier alpha value is -0.350. The molecule has 1 aliphatic rings. The zero-order valence-electron chi connectivity index (χ0n) is 11.5. The van der Waals surface area contributed by atoms with Gasteiger partial charge in [-0.2, -0.15) is 5.10 Å². The Morgan fingerprint density at radius 1 is 1.44 bits per heavy atom. The van der Waals surface area contributed by atoms with Crippen LogP contribution in [0, 0.1) is 5.41 Å². The third-order valence-electron chi connectivity index (χ3n) is 3.89. The minimum Gasteiger partial charge on any atom is -0.384 e. The summed E-state index contributed by atoms with van der Waals surface area (Å²) in [6.07, 6.45) is 6.76. The normalized spacial score (nSPS) is 27.4. The van der Waals surface area contributed by atoms with Gasteiger partial charge in [-0.15, -0.1) is 0 Å². The van der Waals surface area contributed by atoms with Crippen molar-refractivity contribution in [3.8, 4) is 0 Å². The van der Waals surface area contributed by atoms with Crippen molar-refractivity contribution in [1.82, 2.24) is 9.78 Å². The predicted octanol–water partition coefficient (Wildman–Crippen LogP) is 3.84. The molecule has 4 heteroatoms. The van der Waals surface area contributed by atoms with Crippen LogP contribution in [0.5, 0.6) is 0 Å². The molecule has 0 aromatic carbocycles. The third-order valence-corrected chi connectivity index (χ3v) is 4.47. The Morgan fingerprint density at radius 3 is 2.78 bits per heavy atom. The van der Waals surface area contributed by atoms with Crippen molar-refractivity contribution in [2.75, 3.05) is 0 Å². The summed E-state index contributed by atoms with van der Waals surface area (Å²) >= 11 is 3.55. The van der Waals surface area contributed by atoms with Crippen LogP contribution in [0.3, 0.4) is 0 Å². The first-order valence-corrected chi connectivity index (χ1v) is 7.61. The van der Waals surface area contributed by atoms with Crippen molar-refractivity contribution in [3.63, 3.8) is 0 Å². The van der Waals surface area contributed by atoms with E-state index in [0.717, 1.165) is 42.4 Å². The Balaban J connectivity index is 2.37. The molecule has 0 amide bonds. The molecule has 1 unspecified atom stereocenters. The summed E-state index contributed by atoms with van der Waals surface area (Å²) in [5.41, 5.74) is 0.442. The van der Waals surface area contributed by atoms with Crippen molar-refractivity contribution in [2.24, 2.45) is 5.41 Å². The van der Waals surface area contributed by atoms with Gasteiger partial charge in [0.25, 0.3) is 0 Å². The maximum absolute atomic E-state index is 11.1. The van der Waals surface area contributed by atoms with E-state index in [0.29, 0.717) is 0 Å². The molecule has 3 nitrogen and oxygen atoms in total. The molecule has 1 fully saturated rings. The van der Waals surface area contributed by atoms with Gasteiger partial charge in [-0.3, -0.25) is 4.68 Å². The smallest absolute Gasteiger partial charge is 0.108 e. The van der Waals surface area contributed by atoms with Crippen molar-refractivity contribution < 1.29 is 5.11 Å². The van der Waals surface area contributed by atoms with E-state index in [1.165, 1.54) is 6.42 Å². The fraction of sp³-hybridized carbons (Fsp3) is 0.786. The molecule has 102 valence electrons. The minimum atomic E-state index is -0.730. The largest absolute Gasteiger partial charge is 0.384 e. The molecule has 0 radical (unpaired) electrons. The first-order chi connectivity index (χ1) is 8.38. The molecule has 18 heavy (non-hydrogen) atoms. The highest BCUT2D eigenvalue weighted by Gasteiger charge is 2.42. The number of aromatic nitrogens is 2. The highest BCUT2D eigenvalue weighted by atomic mass is 79.9. The second kappa shape index (κ2) is 4.97. The SMILES string of the molecule is CCCn1ncc(Br)c1C1(O)CCCC(C)(C)C1. The van der Waals surface area contributed by atoms with Crippen LogP contribution in [-0.2, 0) is 12.1 Å². The molecule has 1 aromatic heterocycles. The molecule has 0 saturated heterocycles. The van der Waals surface area contributed by atoms with Gasteiger partial charge in [-0.05, 0) is 53.4 Å². The Kier molecular flexibility index (Phi) is 3.88. The van der Waals surface area contributed by atoms with Gasteiger partial charge in [0.05, 0.1) is 16.4 Å². The summed E-state index contributed by atoms with van der Waals surface area (Å²) in [4.78, 5) is 0. The maximum Gasteiger partial charge on any atom is 0.108 e. The van der Waals surface area contributed by atoms with Crippen LogP contribution in [-0.4, -0.2) is 14.9 Å². The topological polar surface area (TPSA) is 38.0 Å². The van der Waals surface area contributed by atoms with Crippen LogP contribution in [0.1, 0.15) is 58.6 Å². The lowest BCUT2D eigenvalue weighted by Gasteiger charge is -2.41. The molecule has 2 rings (SSSR count). The van der Waals surface area contributed by atoms with Crippen LogP contribution in [0.15, 0.2) is 10.7 Å². The summed E-state index contributed by atoms with van der Waals surface area (Å²) in [6.45, 7) is 7.48. The summed E-state index contributed by atoms with van der Waals surface area (Å²) in [6, 6.07) is 0. The average molecular weight is 315 g/mol. The van der Waals surface area contributed by atoms with Gasteiger partial charge in [-0.25, -0.2) is 0 Å². The number of hydrogen-bond donors (Lipinski definition) is 1. The van der Waals surface area contributed by atoms with Crippen LogP contribution in [0.25, 0.3) is 0 Å². The van der Waals surface area contributed by atoms with Crippen LogP contribution >= 0.6 is 15.9 Å². The number of nitrogens with zero attached hydrogens (tertiary/aromatic N) is 2. The van der Waals surface area contributed by atoms with E-state index < -0.39 is 5.60 Å². The number of aliphatic hydroxyl groups is 1. The Morgan fingerprint density at radius 2 is 2.17 bits per heavy atom. The summed E-state index contributed by atoms with van der Waals surface area (Å²) in [7, 11) is 0. The van der Waals surface area contributed by atoms with Gasteiger partial charge in [0.1, 0.15) is 5.60 Å². The van der Waals surface area contributed by atoms with Crippen molar-refractivity contribution in [2.45, 2.75) is 65.0 Å². The lowest BCUT2D eigenvalue weighted by atomic mass is 9.68. The number of rotatable bonds is 3. The quantitative estimate of drug-likeness (QED) is 0.920. The number of aryl methyl sites for hydroxylation is 1. The van der Waals surface area contributed by atoms with Gasteiger partial charge >= 0.3 is 0 Å². The average Bonchev–Trinajstić information content (AvgIpc) is 2.59. The van der Waals surface area contributed by atoms with E-state index in [2.05, 4.69) is 41.8 Å². The van der Waals surface area contributed by atoms with Crippen molar-refractivity contribution in [1.29, 1.82) is 0 Å². The molecule has 0 aliphatic heterocycles. The first-order valence-electron chi connectivity index (χ1n) is 6.82. The van der Waals surface area contributed by atoms with Crippen LogP contribution in [0.4, 0.5) is 0 Å². The fourth-order valence-electron chi connectivity index (χ4n) is 3.24. The van der Waals surface area contributed by atoms with Gasteiger partial charge in [-0.1, -0.05) is 20.8 Å². The van der Waals surface area contributed by atoms with E-state index >= 15 is 0 Å². The zero-order valence-corrected chi connectivity index (χ0v) is 13.1. The van der Waals surface area contributed by atoms with E-state index in [1.807, 2.05) is 10.9 Å². The van der Waals surface area contributed by atoms with E-state index in [1.54, 1.807) is 0 Å². The molecule has 0 spiro atoms. The van der Waals surface area contributed by atoms with Crippen molar-refractivity contribution in [3.05, 3.63) is 16.4 Å². The molecular weight excluding hydrogens is 292 g/mol. The molecular formula is C14H23BrN2O.